The molecule has 0 bridgehead atoms. The van der Waals surface area contributed by atoms with Crippen molar-refractivity contribution in [2.24, 2.45) is 17.8 Å². The van der Waals surface area contributed by atoms with Gasteiger partial charge in [-0.2, -0.15) is 0 Å². The third kappa shape index (κ3) is 5.01. The van der Waals surface area contributed by atoms with Gasteiger partial charge in [0.2, 0.25) is 0 Å². The van der Waals surface area contributed by atoms with Crippen LogP contribution in [0.1, 0.15) is 41.0 Å². The second-order valence-electron chi connectivity index (χ2n) is 4.64. The fourth-order valence-corrected chi connectivity index (χ4v) is 1.26. The number of carbonyl (C=O) groups excluding carboxylic acids is 1. The predicted octanol–water partition coefficient (Wildman–Crippen LogP) is 3.42. The van der Waals surface area contributed by atoms with E-state index in [1.807, 2.05) is 6.92 Å². The van der Waals surface area contributed by atoms with E-state index in [4.69, 9.17) is 4.74 Å². The molecule has 0 aliphatic heterocycles. The molecule has 2 heteroatoms. The van der Waals surface area contributed by atoms with Gasteiger partial charge in [-0.05, 0) is 24.2 Å². The maximum absolute atomic E-state index is 11.3. The summed E-state index contributed by atoms with van der Waals surface area (Å²) in [6.45, 7) is 14.7. The first-order chi connectivity index (χ1) is 6.90. The molecule has 0 aliphatic rings. The quantitative estimate of drug-likeness (QED) is 0.498. The van der Waals surface area contributed by atoms with E-state index < -0.39 is 0 Å². The lowest BCUT2D eigenvalue weighted by Crippen LogP contribution is -2.21. The highest BCUT2D eigenvalue weighted by Gasteiger charge is 2.17. The van der Waals surface area contributed by atoms with E-state index >= 15 is 0 Å². The van der Waals surface area contributed by atoms with Crippen LogP contribution in [-0.4, -0.2) is 12.6 Å². The average Bonchev–Trinajstić information content (AvgIpc) is 2.22. The molecule has 2 unspecified atom stereocenters. The van der Waals surface area contributed by atoms with Crippen molar-refractivity contribution in [3.8, 4) is 0 Å². The Bertz CT molecular complexity index is 219. The number of rotatable bonds is 6. The van der Waals surface area contributed by atoms with Crippen LogP contribution in [0.2, 0.25) is 0 Å². The fourth-order valence-electron chi connectivity index (χ4n) is 1.26. The highest BCUT2D eigenvalue weighted by Crippen LogP contribution is 2.20. The van der Waals surface area contributed by atoms with Crippen LogP contribution in [0.25, 0.3) is 0 Å². The molecule has 15 heavy (non-hydrogen) atoms. The molecule has 2 nitrogen and oxygen atoms in total. The van der Waals surface area contributed by atoms with Gasteiger partial charge in [0.1, 0.15) is 0 Å². The first kappa shape index (κ1) is 14.2. The van der Waals surface area contributed by atoms with E-state index in [0.717, 1.165) is 0 Å². The summed E-state index contributed by atoms with van der Waals surface area (Å²) < 4.78 is 5.19. The minimum absolute atomic E-state index is 0.250. The Labute approximate surface area is 93.7 Å². The molecule has 2 atom stereocenters. The highest BCUT2D eigenvalue weighted by molar-refractivity contribution is 5.87. The van der Waals surface area contributed by atoms with Gasteiger partial charge in [-0.25, -0.2) is 4.79 Å². The lowest BCUT2D eigenvalue weighted by molar-refractivity contribution is -0.141. The summed E-state index contributed by atoms with van der Waals surface area (Å²) in [5.41, 5.74) is 0.555. The Morgan fingerprint density at radius 2 is 1.80 bits per heavy atom. The Morgan fingerprint density at radius 1 is 1.27 bits per heavy atom. The number of carbonyl (C=O) groups is 1. The molecule has 0 rings (SSSR count). The van der Waals surface area contributed by atoms with Crippen LogP contribution in [-0.2, 0) is 9.53 Å². The highest BCUT2D eigenvalue weighted by atomic mass is 16.5. The fraction of sp³-hybridized carbons (Fsp3) is 0.769. The monoisotopic (exact) mass is 212 g/mol. The van der Waals surface area contributed by atoms with Crippen LogP contribution in [0.15, 0.2) is 12.2 Å². The molecule has 0 aromatic rings. The van der Waals surface area contributed by atoms with Crippen molar-refractivity contribution in [2.45, 2.75) is 41.0 Å². The van der Waals surface area contributed by atoms with Crippen molar-refractivity contribution in [1.29, 1.82) is 0 Å². The summed E-state index contributed by atoms with van der Waals surface area (Å²) in [7, 11) is 0. The Hall–Kier alpha value is -0.790. The molecule has 0 saturated carbocycles. The lowest BCUT2D eigenvalue weighted by atomic mass is 9.87. The SMILES string of the molecule is C=C(CC)C(=O)OCC(C)C(C)C(C)C. The zero-order valence-corrected chi connectivity index (χ0v) is 10.7. The Kier molecular flexibility index (Phi) is 6.30. The van der Waals surface area contributed by atoms with Crippen molar-refractivity contribution >= 4 is 5.97 Å². The number of ether oxygens (including phenoxy) is 1. The number of hydrogen-bond donors (Lipinski definition) is 0. The normalized spacial score (nSPS) is 14.8. The van der Waals surface area contributed by atoms with Gasteiger partial charge >= 0.3 is 5.97 Å². The van der Waals surface area contributed by atoms with Gasteiger partial charge < -0.3 is 4.74 Å². The molecule has 0 aliphatic carbocycles. The molecule has 0 radical (unpaired) electrons. The summed E-state index contributed by atoms with van der Waals surface area (Å²) in [6.07, 6.45) is 0.660. The van der Waals surface area contributed by atoms with Crippen LogP contribution in [0.3, 0.4) is 0 Å². The molecular formula is C13H24O2. The smallest absolute Gasteiger partial charge is 0.333 e. The first-order valence-corrected chi connectivity index (χ1v) is 5.75. The molecule has 0 N–H and O–H groups in total. The molecule has 0 heterocycles. The van der Waals surface area contributed by atoms with Gasteiger partial charge in [0.05, 0.1) is 6.61 Å². The minimum atomic E-state index is -0.250. The zero-order valence-electron chi connectivity index (χ0n) is 10.7. The van der Waals surface area contributed by atoms with Crippen molar-refractivity contribution in [2.75, 3.05) is 6.61 Å². The first-order valence-electron chi connectivity index (χ1n) is 5.75. The standard InChI is InChI=1S/C13H24O2/c1-7-10(4)13(14)15-8-11(5)12(6)9(2)3/h9,11-12H,4,7-8H2,1-3,5-6H3. The largest absolute Gasteiger partial charge is 0.462 e. The summed E-state index contributed by atoms with van der Waals surface area (Å²) >= 11 is 0. The second kappa shape index (κ2) is 6.65. The van der Waals surface area contributed by atoms with Crippen LogP contribution in [0.5, 0.6) is 0 Å². The lowest BCUT2D eigenvalue weighted by Gasteiger charge is -2.23. The van der Waals surface area contributed by atoms with Crippen LogP contribution in [0.4, 0.5) is 0 Å². The topological polar surface area (TPSA) is 26.3 Å². The maximum Gasteiger partial charge on any atom is 0.333 e. The summed E-state index contributed by atoms with van der Waals surface area (Å²) in [5.74, 6) is 1.33. The van der Waals surface area contributed by atoms with Crippen molar-refractivity contribution in [3.63, 3.8) is 0 Å². The van der Waals surface area contributed by atoms with Gasteiger partial charge in [-0.3, -0.25) is 0 Å². The molecule has 0 aromatic heterocycles. The molecule has 0 aromatic carbocycles. The molecule has 0 amide bonds. The van der Waals surface area contributed by atoms with E-state index in [2.05, 4.69) is 34.3 Å². The van der Waals surface area contributed by atoms with E-state index in [1.165, 1.54) is 0 Å². The number of esters is 1. The average molecular weight is 212 g/mol. The molecule has 0 fully saturated rings. The number of hydrogen-bond acceptors (Lipinski definition) is 2. The van der Waals surface area contributed by atoms with Crippen LogP contribution in [0, 0.1) is 17.8 Å². The van der Waals surface area contributed by atoms with E-state index in [-0.39, 0.29) is 5.97 Å². The summed E-state index contributed by atoms with van der Waals surface area (Å²) in [5, 5.41) is 0. The predicted molar refractivity (Wildman–Crippen MR) is 63.6 cm³/mol. The van der Waals surface area contributed by atoms with Crippen molar-refractivity contribution in [3.05, 3.63) is 12.2 Å². The molecular weight excluding hydrogens is 188 g/mol. The summed E-state index contributed by atoms with van der Waals surface area (Å²) in [6, 6.07) is 0. The third-order valence-corrected chi connectivity index (χ3v) is 3.14. The Balaban J connectivity index is 3.95. The van der Waals surface area contributed by atoms with E-state index in [0.29, 0.717) is 36.4 Å². The van der Waals surface area contributed by atoms with Gasteiger partial charge in [0.25, 0.3) is 0 Å². The van der Waals surface area contributed by atoms with Crippen LogP contribution < -0.4 is 0 Å². The van der Waals surface area contributed by atoms with Crippen molar-refractivity contribution < 1.29 is 9.53 Å². The van der Waals surface area contributed by atoms with Crippen LogP contribution >= 0.6 is 0 Å². The Morgan fingerprint density at radius 3 is 2.20 bits per heavy atom. The maximum atomic E-state index is 11.3. The van der Waals surface area contributed by atoms with Gasteiger partial charge in [0.15, 0.2) is 0 Å². The van der Waals surface area contributed by atoms with E-state index in [1.54, 1.807) is 0 Å². The molecule has 88 valence electrons. The van der Waals surface area contributed by atoms with Crippen molar-refractivity contribution in [1.82, 2.24) is 0 Å². The molecule has 0 saturated heterocycles. The third-order valence-electron chi connectivity index (χ3n) is 3.14. The second-order valence-corrected chi connectivity index (χ2v) is 4.64. The van der Waals surface area contributed by atoms with Gasteiger partial charge in [0, 0.05) is 5.57 Å². The molecule has 0 spiro atoms. The van der Waals surface area contributed by atoms with Gasteiger partial charge in [-0.1, -0.05) is 41.2 Å². The summed E-state index contributed by atoms with van der Waals surface area (Å²) in [4.78, 5) is 11.3. The zero-order chi connectivity index (χ0) is 12.0. The van der Waals surface area contributed by atoms with E-state index in [9.17, 15) is 4.79 Å². The minimum Gasteiger partial charge on any atom is -0.462 e. The van der Waals surface area contributed by atoms with Gasteiger partial charge in [-0.15, -0.1) is 0 Å².